The largest absolute Gasteiger partial charge is 0.417 e. The number of nitrogens with one attached hydrogen (secondary N) is 2. The third kappa shape index (κ3) is 6.87. The molecule has 0 bridgehead atoms. The van der Waals surface area contributed by atoms with Gasteiger partial charge in [0.15, 0.2) is 0 Å². The van der Waals surface area contributed by atoms with Gasteiger partial charge in [0.05, 0.1) is 23.2 Å². The summed E-state index contributed by atoms with van der Waals surface area (Å²) < 4.78 is 38.8. The summed E-state index contributed by atoms with van der Waals surface area (Å²) >= 11 is 5.59. The van der Waals surface area contributed by atoms with Gasteiger partial charge in [0.25, 0.3) is 0 Å². The van der Waals surface area contributed by atoms with Crippen LogP contribution in [-0.4, -0.2) is 66.4 Å². The smallest absolute Gasteiger partial charge is 0.353 e. The van der Waals surface area contributed by atoms with E-state index in [1.807, 2.05) is 30.6 Å². The van der Waals surface area contributed by atoms with Crippen molar-refractivity contribution in [3.8, 4) is 0 Å². The van der Waals surface area contributed by atoms with E-state index in [0.29, 0.717) is 26.2 Å². The highest BCUT2D eigenvalue weighted by atomic mass is 35.5. The number of halogens is 4. The van der Waals surface area contributed by atoms with E-state index in [-0.39, 0.29) is 30.2 Å². The van der Waals surface area contributed by atoms with Gasteiger partial charge in [0.2, 0.25) is 11.8 Å². The second-order valence-corrected chi connectivity index (χ2v) is 7.80. The van der Waals surface area contributed by atoms with Crippen molar-refractivity contribution in [2.24, 2.45) is 0 Å². The molecule has 1 aliphatic heterocycles. The van der Waals surface area contributed by atoms with Gasteiger partial charge in [-0.25, -0.2) is 0 Å². The molecule has 2 rings (SSSR count). The minimum absolute atomic E-state index is 0.0330. The Bertz CT molecular complexity index is 735. The van der Waals surface area contributed by atoms with Crippen LogP contribution in [0.5, 0.6) is 0 Å². The molecule has 0 aliphatic carbocycles. The molecular formula is C19H26ClF3N4O2. The fraction of sp³-hybridized carbons (Fsp3) is 0.579. The number of rotatable bonds is 6. The minimum atomic E-state index is -4.59. The van der Waals surface area contributed by atoms with Crippen molar-refractivity contribution < 1.29 is 22.8 Å². The van der Waals surface area contributed by atoms with Crippen molar-refractivity contribution in [3.63, 3.8) is 0 Å². The molecule has 1 fully saturated rings. The van der Waals surface area contributed by atoms with Gasteiger partial charge in [-0.3, -0.25) is 19.4 Å². The highest BCUT2D eigenvalue weighted by Gasteiger charge is 2.33. The molecule has 1 atom stereocenters. The van der Waals surface area contributed by atoms with Crippen molar-refractivity contribution in [2.75, 3.05) is 38.0 Å². The van der Waals surface area contributed by atoms with Gasteiger partial charge in [-0.1, -0.05) is 11.6 Å². The first-order valence-electron chi connectivity index (χ1n) is 9.40. The Labute approximate surface area is 173 Å². The molecule has 2 amide bonds. The molecule has 0 spiro atoms. The zero-order valence-corrected chi connectivity index (χ0v) is 17.4. The lowest BCUT2D eigenvalue weighted by atomic mass is 10.2. The second-order valence-electron chi connectivity index (χ2n) is 7.39. The highest BCUT2D eigenvalue weighted by Crippen LogP contribution is 2.36. The van der Waals surface area contributed by atoms with Crippen LogP contribution in [0.3, 0.4) is 0 Å². The number of hydrogen-bond donors (Lipinski definition) is 2. The van der Waals surface area contributed by atoms with Crippen molar-refractivity contribution >= 4 is 29.1 Å². The average Bonchev–Trinajstić information content (AvgIpc) is 2.61. The Balaban J connectivity index is 1.85. The van der Waals surface area contributed by atoms with E-state index < -0.39 is 22.7 Å². The normalized spacial score (nSPS) is 17.2. The second kappa shape index (κ2) is 9.77. The first-order valence-corrected chi connectivity index (χ1v) is 9.78. The lowest BCUT2D eigenvalue weighted by Gasteiger charge is -2.37. The quantitative estimate of drug-likeness (QED) is 0.722. The fourth-order valence-electron chi connectivity index (χ4n) is 3.10. The van der Waals surface area contributed by atoms with E-state index in [1.165, 1.54) is 6.07 Å². The lowest BCUT2D eigenvalue weighted by molar-refractivity contribution is -0.137. The van der Waals surface area contributed by atoms with Crippen LogP contribution in [0.4, 0.5) is 18.9 Å². The van der Waals surface area contributed by atoms with Gasteiger partial charge < -0.3 is 10.6 Å². The minimum Gasteiger partial charge on any atom is -0.353 e. The molecule has 2 N–H and O–H groups in total. The zero-order chi connectivity index (χ0) is 21.8. The van der Waals surface area contributed by atoms with Crippen molar-refractivity contribution in [1.82, 2.24) is 15.1 Å². The van der Waals surface area contributed by atoms with Crippen molar-refractivity contribution in [3.05, 3.63) is 28.8 Å². The molecule has 1 saturated heterocycles. The topological polar surface area (TPSA) is 64.7 Å². The van der Waals surface area contributed by atoms with Gasteiger partial charge in [-0.15, -0.1) is 0 Å². The van der Waals surface area contributed by atoms with E-state index in [0.717, 1.165) is 12.1 Å². The molecule has 1 aliphatic rings. The van der Waals surface area contributed by atoms with E-state index in [9.17, 15) is 22.8 Å². The van der Waals surface area contributed by atoms with Gasteiger partial charge in [0, 0.05) is 37.9 Å². The van der Waals surface area contributed by atoms with Crippen molar-refractivity contribution in [2.45, 2.75) is 39.0 Å². The molecule has 0 radical (unpaired) electrons. The van der Waals surface area contributed by atoms with Crippen LogP contribution in [0.15, 0.2) is 18.2 Å². The Kier molecular flexibility index (Phi) is 7.90. The number of anilines is 1. The molecule has 1 heterocycles. The molecule has 1 aromatic rings. The Morgan fingerprint density at radius 1 is 1.14 bits per heavy atom. The summed E-state index contributed by atoms with van der Waals surface area (Å²) in [5.41, 5.74) is -0.941. The van der Waals surface area contributed by atoms with Crippen LogP contribution >= 0.6 is 11.6 Å². The fourth-order valence-corrected chi connectivity index (χ4v) is 3.33. The standard InChI is InChI=1S/C19H26ClF3N4O2/c1-12(2)24-18(29)13(3)27-8-6-26(7-9-27)11-17(28)25-14-4-5-16(20)15(10-14)19(21,22)23/h4-5,10,12-13H,6-9,11H2,1-3H3,(H,24,29)(H,25,28). The lowest BCUT2D eigenvalue weighted by Crippen LogP contribution is -2.55. The number of carbonyl (C=O) groups is 2. The van der Waals surface area contributed by atoms with Crippen LogP contribution in [0, 0.1) is 0 Å². The van der Waals surface area contributed by atoms with Gasteiger partial charge in [-0.05, 0) is 39.0 Å². The Morgan fingerprint density at radius 2 is 1.76 bits per heavy atom. The number of carbonyl (C=O) groups excluding carboxylic acids is 2. The maximum Gasteiger partial charge on any atom is 0.417 e. The van der Waals surface area contributed by atoms with E-state index in [2.05, 4.69) is 10.6 Å². The SMILES string of the molecule is CC(C)NC(=O)C(C)N1CCN(CC(=O)Nc2ccc(Cl)c(C(F)(F)F)c2)CC1. The predicted octanol–water partition coefficient (Wildman–Crippen LogP) is 2.83. The summed E-state index contributed by atoms with van der Waals surface area (Å²) in [6.45, 7) is 8.13. The monoisotopic (exact) mass is 434 g/mol. The molecule has 0 saturated carbocycles. The maximum atomic E-state index is 12.9. The summed E-state index contributed by atoms with van der Waals surface area (Å²) in [6.07, 6.45) is -4.59. The van der Waals surface area contributed by atoms with Crippen LogP contribution in [-0.2, 0) is 15.8 Å². The molecule has 0 aromatic heterocycles. The van der Waals surface area contributed by atoms with E-state index >= 15 is 0 Å². The predicted molar refractivity (Wildman–Crippen MR) is 106 cm³/mol. The van der Waals surface area contributed by atoms with Crippen molar-refractivity contribution in [1.29, 1.82) is 0 Å². The summed E-state index contributed by atoms with van der Waals surface area (Å²) in [5, 5.41) is 4.95. The van der Waals surface area contributed by atoms with E-state index in [4.69, 9.17) is 11.6 Å². The van der Waals surface area contributed by atoms with Gasteiger partial charge >= 0.3 is 6.18 Å². The number of hydrogen-bond acceptors (Lipinski definition) is 4. The van der Waals surface area contributed by atoms with Gasteiger partial charge in [0.1, 0.15) is 0 Å². The molecular weight excluding hydrogens is 409 g/mol. The number of nitrogens with zero attached hydrogens (tertiary/aromatic N) is 2. The van der Waals surface area contributed by atoms with Crippen LogP contribution in [0.2, 0.25) is 5.02 Å². The molecule has 10 heteroatoms. The third-order valence-electron chi connectivity index (χ3n) is 4.69. The third-order valence-corrected chi connectivity index (χ3v) is 5.02. The Morgan fingerprint density at radius 3 is 2.31 bits per heavy atom. The summed E-state index contributed by atoms with van der Waals surface area (Å²) in [4.78, 5) is 28.3. The molecule has 29 heavy (non-hydrogen) atoms. The van der Waals surface area contributed by atoms with Crippen LogP contribution in [0.25, 0.3) is 0 Å². The van der Waals surface area contributed by atoms with Crippen LogP contribution < -0.4 is 10.6 Å². The number of amides is 2. The van der Waals surface area contributed by atoms with Crippen LogP contribution in [0.1, 0.15) is 26.3 Å². The number of piperazine rings is 1. The summed E-state index contributed by atoms with van der Waals surface area (Å²) in [7, 11) is 0. The number of alkyl halides is 3. The molecule has 162 valence electrons. The van der Waals surface area contributed by atoms with E-state index in [1.54, 1.807) is 0 Å². The van der Waals surface area contributed by atoms with Gasteiger partial charge in [-0.2, -0.15) is 13.2 Å². The first kappa shape index (κ1) is 23.4. The number of benzene rings is 1. The Hall–Kier alpha value is -1.84. The summed E-state index contributed by atoms with van der Waals surface area (Å²) in [6, 6.07) is 3.08. The average molecular weight is 435 g/mol. The zero-order valence-electron chi connectivity index (χ0n) is 16.6. The molecule has 1 unspecified atom stereocenters. The molecule has 1 aromatic carbocycles. The summed E-state index contributed by atoms with van der Waals surface area (Å²) in [5.74, 6) is -0.436. The maximum absolute atomic E-state index is 12.9. The highest BCUT2D eigenvalue weighted by molar-refractivity contribution is 6.31. The first-order chi connectivity index (χ1) is 13.5. The molecule has 6 nitrogen and oxygen atoms in total.